The van der Waals surface area contributed by atoms with E-state index in [0.717, 1.165) is 24.3 Å². The Bertz CT molecular complexity index is 515. The number of aromatic hydroxyl groups is 1. The normalized spacial score (nSPS) is 16.0. The average Bonchev–Trinajstić information content (AvgIpc) is 2.40. The summed E-state index contributed by atoms with van der Waals surface area (Å²) in [5, 5.41) is 9.58. The number of rotatable bonds is 1. The van der Waals surface area contributed by atoms with Gasteiger partial charge in [-0.2, -0.15) is 0 Å². The van der Waals surface area contributed by atoms with Gasteiger partial charge in [-0.05, 0) is 51.5 Å². The van der Waals surface area contributed by atoms with Crippen LogP contribution in [0.5, 0.6) is 5.75 Å². The second-order valence-electron chi connectivity index (χ2n) is 6.43. The van der Waals surface area contributed by atoms with E-state index in [0.29, 0.717) is 18.8 Å². The van der Waals surface area contributed by atoms with Gasteiger partial charge in [0, 0.05) is 31.9 Å². The van der Waals surface area contributed by atoms with E-state index in [1.807, 2.05) is 39.8 Å². The quantitative estimate of drug-likeness (QED) is 0.864. The van der Waals surface area contributed by atoms with Crippen molar-refractivity contribution in [3.63, 3.8) is 0 Å². The number of hydrogen-bond acceptors (Lipinski definition) is 4. The highest BCUT2D eigenvalue weighted by molar-refractivity contribution is 5.68. The molecule has 0 radical (unpaired) electrons. The highest BCUT2D eigenvalue weighted by Crippen LogP contribution is 2.24. The van der Waals surface area contributed by atoms with Gasteiger partial charge < -0.3 is 19.6 Å². The molecule has 1 aromatic rings. The first-order valence-corrected chi connectivity index (χ1v) is 7.29. The van der Waals surface area contributed by atoms with Crippen molar-refractivity contribution in [3.8, 4) is 5.75 Å². The number of amides is 1. The maximum Gasteiger partial charge on any atom is 0.410 e. The molecular weight excluding hydrogens is 268 g/mol. The molecule has 1 aliphatic rings. The van der Waals surface area contributed by atoms with Crippen LogP contribution in [0.2, 0.25) is 0 Å². The van der Waals surface area contributed by atoms with Gasteiger partial charge in [-0.15, -0.1) is 0 Å². The van der Waals surface area contributed by atoms with Crippen LogP contribution in [-0.4, -0.2) is 47.9 Å². The molecule has 21 heavy (non-hydrogen) atoms. The molecule has 0 aliphatic carbocycles. The number of carbonyl (C=O) groups is 1. The second kappa shape index (κ2) is 5.84. The van der Waals surface area contributed by atoms with Crippen molar-refractivity contribution in [1.82, 2.24) is 4.90 Å². The number of carbonyl (C=O) groups excluding carboxylic acids is 1. The van der Waals surface area contributed by atoms with E-state index in [1.165, 1.54) is 0 Å². The first kappa shape index (κ1) is 15.5. The molecule has 5 heteroatoms. The van der Waals surface area contributed by atoms with E-state index in [4.69, 9.17) is 4.74 Å². The Labute approximate surface area is 126 Å². The fourth-order valence-corrected chi connectivity index (χ4v) is 2.31. The number of ether oxygens (including phenoxy) is 1. The van der Waals surface area contributed by atoms with Crippen molar-refractivity contribution < 1.29 is 14.6 Å². The molecule has 1 fully saturated rings. The van der Waals surface area contributed by atoms with Crippen LogP contribution in [0.3, 0.4) is 0 Å². The van der Waals surface area contributed by atoms with E-state index in [2.05, 4.69) is 4.90 Å². The van der Waals surface area contributed by atoms with E-state index in [1.54, 1.807) is 11.0 Å². The first-order chi connectivity index (χ1) is 9.76. The minimum absolute atomic E-state index is 0.246. The number of hydrogen-bond donors (Lipinski definition) is 1. The lowest BCUT2D eigenvalue weighted by Gasteiger charge is -2.36. The standard InChI is InChI=1S/C16H24N2O3/c1-12-11-13(5-6-14(12)19)17-7-9-18(10-8-17)15(20)21-16(2,3)4/h5-6,11,19H,7-10H2,1-4H3. The van der Waals surface area contributed by atoms with Gasteiger partial charge in [0.15, 0.2) is 0 Å². The van der Waals surface area contributed by atoms with Crippen molar-refractivity contribution in [3.05, 3.63) is 23.8 Å². The summed E-state index contributed by atoms with van der Waals surface area (Å²) in [4.78, 5) is 16.0. The molecule has 0 bridgehead atoms. The Kier molecular flexibility index (Phi) is 4.30. The number of aryl methyl sites for hydroxylation is 1. The number of benzene rings is 1. The van der Waals surface area contributed by atoms with Gasteiger partial charge in [-0.3, -0.25) is 0 Å². The fraction of sp³-hybridized carbons (Fsp3) is 0.562. The third-order valence-corrected chi connectivity index (χ3v) is 3.48. The van der Waals surface area contributed by atoms with Gasteiger partial charge >= 0.3 is 6.09 Å². The molecule has 0 spiro atoms. The second-order valence-corrected chi connectivity index (χ2v) is 6.43. The maximum atomic E-state index is 12.0. The summed E-state index contributed by atoms with van der Waals surface area (Å²) < 4.78 is 5.39. The zero-order valence-corrected chi connectivity index (χ0v) is 13.2. The average molecular weight is 292 g/mol. The highest BCUT2D eigenvalue weighted by atomic mass is 16.6. The minimum atomic E-state index is -0.456. The number of nitrogens with zero attached hydrogens (tertiary/aromatic N) is 2. The number of phenolic OH excluding ortho intramolecular Hbond substituents is 1. The molecule has 0 atom stereocenters. The lowest BCUT2D eigenvalue weighted by atomic mass is 10.1. The van der Waals surface area contributed by atoms with Gasteiger partial charge in [0.05, 0.1) is 0 Å². The molecule has 116 valence electrons. The van der Waals surface area contributed by atoms with E-state index < -0.39 is 5.60 Å². The molecule has 5 nitrogen and oxygen atoms in total. The Hall–Kier alpha value is -1.91. The third-order valence-electron chi connectivity index (χ3n) is 3.48. The Morgan fingerprint density at radius 1 is 1.19 bits per heavy atom. The third kappa shape index (κ3) is 4.03. The number of phenols is 1. The lowest BCUT2D eigenvalue weighted by Crippen LogP contribution is -2.50. The van der Waals surface area contributed by atoms with Crippen molar-refractivity contribution in [2.24, 2.45) is 0 Å². The van der Waals surface area contributed by atoms with Gasteiger partial charge in [-0.1, -0.05) is 0 Å². The van der Waals surface area contributed by atoms with E-state index >= 15 is 0 Å². The molecule has 1 N–H and O–H groups in total. The molecule has 1 heterocycles. The van der Waals surface area contributed by atoms with Crippen LogP contribution in [0.25, 0.3) is 0 Å². The predicted molar refractivity (Wildman–Crippen MR) is 82.9 cm³/mol. The molecule has 1 saturated heterocycles. The highest BCUT2D eigenvalue weighted by Gasteiger charge is 2.25. The Morgan fingerprint density at radius 2 is 1.81 bits per heavy atom. The Balaban J connectivity index is 1.94. The SMILES string of the molecule is Cc1cc(N2CCN(C(=O)OC(C)(C)C)CC2)ccc1O. The van der Waals surface area contributed by atoms with Gasteiger partial charge in [-0.25, -0.2) is 4.79 Å². The van der Waals surface area contributed by atoms with Crippen LogP contribution in [0, 0.1) is 6.92 Å². The van der Waals surface area contributed by atoms with Crippen LogP contribution < -0.4 is 4.90 Å². The zero-order chi connectivity index (χ0) is 15.6. The Morgan fingerprint density at radius 3 is 2.33 bits per heavy atom. The number of anilines is 1. The van der Waals surface area contributed by atoms with Crippen molar-refractivity contribution in [2.75, 3.05) is 31.1 Å². The summed E-state index contributed by atoms with van der Waals surface area (Å²) in [6.45, 7) is 10.3. The molecule has 1 aromatic carbocycles. The summed E-state index contributed by atoms with van der Waals surface area (Å²) >= 11 is 0. The minimum Gasteiger partial charge on any atom is -0.508 e. The summed E-state index contributed by atoms with van der Waals surface area (Å²) in [6.07, 6.45) is -0.246. The lowest BCUT2D eigenvalue weighted by molar-refractivity contribution is 0.0240. The van der Waals surface area contributed by atoms with Crippen LogP contribution >= 0.6 is 0 Å². The molecule has 0 saturated carbocycles. The summed E-state index contributed by atoms with van der Waals surface area (Å²) in [6, 6.07) is 5.59. The smallest absolute Gasteiger partial charge is 0.410 e. The van der Waals surface area contributed by atoms with E-state index in [-0.39, 0.29) is 6.09 Å². The topological polar surface area (TPSA) is 53.0 Å². The first-order valence-electron chi connectivity index (χ1n) is 7.29. The van der Waals surface area contributed by atoms with Crippen molar-refractivity contribution in [1.29, 1.82) is 0 Å². The molecular formula is C16H24N2O3. The maximum absolute atomic E-state index is 12.0. The monoisotopic (exact) mass is 292 g/mol. The molecule has 2 rings (SSSR count). The van der Waals surface area contributed by atoms with E-state index in [9.17, 15) is 9.90 Å². The van der Waals surface area contributed by atoms with Gasteiger partial charge in [0.2, 0.25) is 0 Å². The molecule has 0 unspecified atom stereocenters. The fourth-order valence-electron chi connectivity index (χ4n) is 2.31. The summed E-state index contributed by atoms with van der Waals surface area (Å²) in [5.41, 5.74) is 1.48. The van der Waals surface area contributed by atoms with Gasteiger partial charge in [0.1, 0.15) is 11.4 Å². The zero-order valence-electron chi connectivity index (χ0n) is 13.2. The summed E-state index contributed by atoms with van der Waals surface area (Å²) in [5.74, 6) is 0.311. The van der Waals surface area contributed by atoms with Crippen LogP contribution in [-0.2, 0) is 4.74 Å². The molecule has 0 aromatic heterocycles. The van der Waals surface area contributed by atoms with Crippen molar-refractivity contribution >= 4 is 11.8 Å². The number of piperazine rings is 1. The summed E-state index contributed by atoms with van der Waals surface area (Å²) in [7, 11) is 0. The van der Waals surface area contributed by atoms with Crippen molar-refractivity contribution in [2.45, 2.75) is 33.3 Å². The van der Waals surface area contributed by atoms with Crippen LogP contribution in [0.4, 0.5) is 10.5 Å². The largest absolute Gasteiger partial charge is 0.508 e. The molecule has 1 aliphatic heterocycles. The van der Waals surface area contributed by atoms with Gasteiger partial charge in [0.25, 0.3) is 0 Å². The van der Waals surface area contributed by atoms with Crippen LogP contribution in [0.1, 0.15) is 26.3 Å². The van der Waals surface area contributed by atoms with Crippen LogP contribution in [0.15, 0.2) is 18.2 Å². The molecule has 1 amide bonds. The predicted octanol–water partition coefficient (Wildman–Crippen LogP) is 2.76.